The van der Waals surface area contributed by atoms with Gasteiger partial charge in [-0.15, -0.1) is 0 Å². The van der Waals surface area contributed by atoms with E-state index in [1.54, 1.807) is 0 Å². The summed E-state index contributed by atoms with van der Waals surface area (Å²) in [6, 6.07) is 0. The highest BCUT2D eigenvalue weighted by Gasteiger charge is 2.24. The van der Waals surface area contributed by atoms with Crippen LogP contribution in [0.5, 0.6) is 0 Å². The molecule has 0 radical (unpaired) electrons. The Balaban J connectivity index is 4.56. The van der Waals surface area contributed by atoms with Crippen LogP contribution in [0.3, 0.4) is 0 Å². The first-order chi connectivity index (χ1) is 27.7. The first kappa shape index (κ1) is 57.3. The zero-order valence-electron chi connectivity index (χ0n) is 40.8. The topological polar surface area (TPSA) is 92.0 Å². The molecule has 0 saturated heterocycles. The maximum atomic E-state index is 13.3. The van der Waals surface area contributed by atoms with Crippen molar-refractivity contribution in [3.8, 4) is 0 Å². The average Bonchev–Trinajstić information content (AvgIpc) is 3.15. The summed E-state index contributed by atoms with van der Waals surface area (Å²) in [4.78, 5) is 13.3. The maximum Gasteiger partial charge on any atom is 0.251 e. The number of hydrogen-bond donors (Lipinski definition) is 2. The van der Waals surface area contributed by atoms with E-state index in [2.05, 4.69) is 74.6 Å². The molecule has 4 unspecified atom stereocenters. The van der Waals surface area contributed by atoms with Crippen molar-refractivity contribution in [2.24, 2.45) is 29.4 Å². The van der Waals surface area contributed by atoms with Crippen molar-refractivity contribution in [1.82, 2.24) is 5.32 Å². The van der Waals surface area contributed by atoms with Gasteiger partial charge in [-0.25, -0.2) is 0 Å². The summed E-state index contributed by atoms with van der Waals surface area (Å²) in [5, 5.41) is 3.07. The van der Waals surface area contributed by atoms with Crippen molar-refractivity contribution < 1.29 is 23.7 Å². The third kappa shape index (κ3) is 38.2. The van der Waals surface area contributed by atoms with Crippen molar-refractivity contribution in [3.63, 3.8) is 0 Å². The normalized spacial score (nSPS) is 14.6. The molecule has 0 fully saturated rings. The second-order valence-corrected chi connectivity index (χ2v) is 20.1. The molecule has 0 aliphatic heterocycles. The van der Waals surface area contributed by atoms with Crippen molar-refractivity contribution >= 4 is 5.91 Å². The van der Waals surface area contributed by atoms with Gasteiger partial charge in [0, 0.05) is 19.8 Å². The van der Waals surface area contributed by atoms with E-state index >= 15 is 0 Å². The van der Waals surface area contributed by atoms with Crippen LogP contribution in [0.4, 0.5) is 0 Å². The lowest BCUT2D eigenvalue weighted by Gasteiger charge is -2.29. The molecule has 348 valence electrons. The van der Waals surface area contributed by atoms with Crippen LogP contribution in [0.2, 0.25) is 0 Å². The minimum absolute atomic E-state index is 0.107. The number of nitrogens with one attached hydrogen (secondary N) is 1. The minimum Gasteiger partial charge on any atom is -0.378 e. The van der Waals surface area contributed by atoms with Gasteiger partial charge in [0.15, 0.2) is 6.10 Å². The quantitative estimate of drug-likeness (QED) is 0.0595. The number of amides is 1. The summed E-state index contributed by atoms with van der Waals surface area (Å²) < 4.78 is 24.5. The summed E-state index contributed by atoms with van der Waals surface area (Å²) in [7, 11) is 0. The van der Waals surface area contributed by atoms with Gasteiger partial charge in [0.1, 0.15) is 0 Å². The van der Waals surface area contributed by atoms with Gasteiger partial charge in [0.25, 0.3) is 5.91 Å². The van der Waals surface area contributed by atoms with Gasteiger partial charge in [0.05, 0.1) is 31.0 Å². The molecule has 0 aromatic carbocycles. The fourth-order valence-corrected chi connectivity index (χ4v) is 7.82. The van der Waals surface area contributed by atoms with E-state index in [9.17, 15) is 4.79 Å². The van der Waals surface area contributed by atoms with E-state index in [4.69, 9.17) is 24.7 Å². The van der Waals surface area contributed by atoms with Crippen LogP contribution in [-0.2, 0) is 23.7 Å². The highest BCUT2D eigenvalue weighted by molar-refractivity contribution is 5.80. The number of nitrogens with two attached hydrogens (primary N) is 1. The van der Waals surface area contributed by atoms with E-state index in [-0.39, 0.29) is 17.1 Å². The SMILES string of the molecule is CCCCCCCCCCCCCCCCOCC(OCCC(C)CCCC(C)CCCC(C)CCCC(C)C)C(=O)NCCOC(C)(C)CCOC(C)(C)CCN. The Bertz CT molecular complexity index is 896. The van der Waals surface area contributed by atoms with Crippen molar-refractivity contribution in [2.45, 2.75) is 253 Å². The average molecular weight is 825 g/mol. The standard InChI is InChI=1S/C51H104N2O5/c1-11-12-13-14-15-16-17-18-19-20-21-22-23-24-39-55-43-48(49(54)53-38-42-58-51(9,10)36-41-57-50(7,8)35-37-52)56-40-34-47(6)33-27-32-46(5)31-26-30-45(4)29-25-28-44(2)3/h44-48H,11-43,52H2,1-10H3,(H,53,54). The molecule has 0 aliphatic rings. The first-order valence-electron chi connectivity index (χ1n) is 25.2. The number of hydrogen-bond acceptors (Lipinski definition) is 6. The van der Waals surface area contributed by atoms with Crippen LogP contribution in [0.1, 0.15) is 236 Å². The van der Waals surface area contributed by atoms with Gasteiger partial charge in [-0.3, -0.25) is 4.79 Å². The van der Waals surface area contributed by atoms with Crippen LogP contribution in [0.15, 0.2) is 0 Å². The highest BCUT2D eigenvalue weighted by Crippen LogP contribution is 2.23. The van der Waals surface area contributed by atoms with Crippen LogP contribution in [0, 0.1) is 23.7 Å². The molecule has 7 nitrogen and oxygen atoms in total. The zero-order chi connectivity index (χ0) is 43.3. The second kappa shape index (κ2) is 38.0. The van der Waals surface area contributed by atoms with Crippen molar-refractivity contribution in [3.05, 3.63) is 0 Å². The zero-order valence-corrected chi connectivity index (χ0v) is 40.8. The molecular formula is C51H104N2O5. The van der Waals surface area contributed by atoms with E-state index < -0.39 is 6.10 Å². The van der Waals surface area contributed by atoms with Crippen LogP contribution >= 0.6 is 0 Å². The van der Waals surface area contributed by atoms with E-state index in [0.29, 0.717) is 52.0 Å². The fourth-order valence-electron chi connectivity index (χ4n) is 7.82. The smallest absolute Gasteiger partial charge is 0.251 e. The Morgan fingerprint density at radius 3 is 1.48 bits per heavy atom. The summed E-state index contributed by atoms with van der Waals surface area (Å²) in [5.41, 5.74) is 5.14. The molecule has 0 aromatic rings. The van der Waals surface area contributed by atoms with E-state index in [1.165, 1.54) is 141 Å². The number of rotatable bonds is 44. The van der Waals surface area contributed by atoms with Crippen LogP contribution in [0.25, 0.3) is 0 Å². The molecule has 0 saturated carbocycles. The van der Waals surface area contributed by atoms with Gasteiger partial charge < -0.3 is 30.0 Å². The van der Waals surface area contributed by atoms with Crippen molar-refractivity contribution in [1.29, 1.82) is 0 Å². The molecule has 7 heteroatoms. The monoisotopic (exact) mass is 825 g/mol. The van der Waals surface area contributed by atoms with Gasteiger partial charge in [-0.1, -0.05) is 183 Å². The van der Waals surface area contributed by atoms with Gasteiger partial charge in [-0.2, -0.15) is 0 Å². The fraction of sp³-hybridized carbons (Fsp3) is 0.980. The molecule has 4 atom stereocenters. The molecule has 0 rings (SSSR count). The molecule has 0 spiro atoms. The highest BCUT2D eigenvalue weighted by atomic mass is 16.5. The lowest BCUT2D eigenvalue weighted by molar-refractivity contribution is -0.138. The predicted molar refractivity (Wildman–Crippen MR) is 251 cm³/mol. The number of unbranched alkanes of at least 4 members (excludes halogenated alkanes) is 13. The first-order valence-corrected chi connectivity index (χ1v) is 25.2. The van der Waals surface area contributed by atoms with Crippen LogP contribution < -0.4 is 11.1 Å². The lowest BCUT2D eigenvalue weighted by Crippen LogP contribution is -2.42. The maximum absolute atomic E-state index is 13.3. The summed E-state index contributed by atoms with van der Waals surface area (Å²) >= 11 is 0. The molecular weight excluding hydrogens is 721 g/mol. The Kier molecular flexibility index (Phi) is 37.5. The van der Waals surface area contributed by atoms with Gasteiger partial charge >= 0.3 is 0 Å². The molecule has 0 aromatic heterocycles. The molecule has 58 heavy (non-hydrogen) atoms. The molecule has 1 amide bonds. The predicted octanol–water partition coefficient (Wildman–Crippen LogP) is 13.8. The Hall–Kier alpha value is -0.730. The number of carbonyl (C=O) groups is 1. The second-order valence-electron chi connectivity index (χ2n) is 20.1. The number of carbonyl (C=O) groups excluding carboxylic acids is 1. The van der Waals surface area contributed by atoms with Crippen LogP contribution in [-0.4, -0.2) is 69.3 Å². The van der Waals surface area contributed by atoms with E-state index in [1.807, 2.05) is 0 Å². The summed E-state index contributed by atoms with van der Waals surface area (Å²) in [6.45, 7) is 26.1. The summed E-state index contributed by atoms with van der Waals surface area (Å²) in [5.74, 6) is 2.96. The van der Waals surface area contributed by atoms with Gasteiger partial charge in [0.2, 0.25) is 0 Å². The minimum atomic E-state index is -0.599. The Morgan fingerprint density at radius 2 is 0.983 bits per heavy atom. The van der Waals surface area contributed by atoms with E-state index in [0.717, 1.165) is 43.4 Å². The Labute approximate surface area is 362 Å². The molecule has 0 bridgehead atoms. The van der Waals surface area contributed by atoms with Crippen molar-refractivity contribution in [2.75, 3.05) is 46.1 Å². The van der Waals surface area contributed by atoms with Gasteiger partial charge in [-0.05, 0) is 83.6 Å². The Morgan fingerprint density at radius 1 is 0.534 bits per heavy atom. The third-order valence-electron chi connectivity index (χ3n) is 12.2. The third-order valence-corrected chi connectivity index (χ3v) is 12.2. The molecule has 3 N–H and O–H groups in total. The molecule has 0 aliphatic carbocycles. The summed E-state index contributed by atoms with van der Waals surface area (Å²) in [6.07, 6.45) is 32.7. The molecule has 0 heterocycles. The lowest BCUT2D eigenvalue weighted by atomic mass is 9.91. The largest absolute Gasteiger partial charge is 0.378 e. The number of ether oxygens (including phenoxy) is 4.